The van der Waals surface area contributed by atoms with Gasteiger partial charge in [0.25, 0.3) is 15.7 Å². The highest BCUT2D eigenvalue weighted by atomic mass is 32.2. The molecule has 0 atom stereocenters. The maximum atomic E-state index is 12.9. The number of allylic oxidation sites excluding steroid dienone is 1. The van der Waals surface area contributed by atoms with Crippen molar-refractivity contribution in [3.63, 3.8) is 0 Å². The molecule has 0 N–H and O–H groups in total. The lowest BCUT2D eigenvalue weighted by molar-refractivity contribution is -0.385. The average Bonchev–Trinajstić information content (AvgIpc) is 2.77. The Morgan fingerprint density at radius 1 is 0.967 bits per heavy atom. The van der Waals surface area contributed by atoms with Gasteiger partial charge in [-0.05, 0) is 48.6 Å². The molecule has 0 saturated carbocycles. The Morgan fingerprint density at radius 3 is 2.40 bits per heavy atom. The van der Waals surface area contributed by atoms with Gasteiger partial charge in [-0.15, -0.1) is 0 Å². The molecule has 0 aliphatic heterocycles. The van der Waals surface area contributed by atoms with Crippen LogP contribution in [0.3, 0.4) is 0 Å². The van der Waals surface area contributed by atoms with Crippen molar-refractivity contribution in [1.82, 2.24) is 0 Å². The lowest BCUT2D eigenvalue weighted by Crippen LogP contribution is -2.26. The Bertz CT molecular complexity index is 1210. The standard InChI is InChI=1S/C22H19N3O4S/c1-24(20-12-3-2-4-13-20)30(28,29)21-14-7-11-19(17-21)23-16-8-10-18-9-5-6-15-22(18)25(26)27/h2-17H,1H3/b10-8+,23-16?. The summed E-state index contributed by atoms with van der Waals surface area (Å²) in [7, 11) is -2.24. The number of para-hydroxylation sites is 2. The van der Waals surface area contributed by atoms with Crippen molar-refractivity contribution in [1.29, 1.82) is 0 Å². The molecule has 8 heteroatoms. The smallest absolute Gasteiger partial charge is 0.269 e. The van der Waals surface area contributed by atoms with Crippen LogP contribution in [0, 0.1) is 10.1 Å². The van der Waals surface area contributed by atoms with Crippen LogP contribution < -0.4 is 4.31 Å². The van der Waals surface area contributed by atoms with E-state index in [9.17, 15) is 18.5 Å². The van der Waals surface area contributed by atoms with E-state index < -0.39 is 14.9 Å². The molecule has 0 amide bonds. The minimum Gasteiger partial charge on any atom is -0.269 e. The number of aliphatic imine (C=N–C) groups is 1. The molecule has 0 unspecified atom stereocenters. The van der Waals surface area contributed by atoms with Gasteiger partial charge in [-0.25, -0.2) is 8.42 Å². The molecule has 0 spiro atoms. The molecule has 0 aliphatic carbocycles. The first-order chi connectivity index (χ1) is 14.4. The monoisotopic (exact) mass is 421 g/mol. The third-order valence-electron chi connectivity index (χ3n) is 4.31. The molecule has 3 aromatic rings. The van der Waals surface area contributed by atoms with Gasteiger partial charge in [0, 0.05) is 19.3 Å². The summed E-state index contributed by atoms with van der Waals surface area (Å²) >= 11 is 0. The Labute approximate surface area is 174 Å². The van der Waals surface area contributed by atoms with Crippen LogP contribution in [0.25, 0.3) is 6.08 Å². The van der Waals surface area contributed by atoms with Crippen LogP contribution in [-0.4, -0.2) is 26.6 Å². The maximum absolute atomic E-state index is 12.9. The molecule has 0 aliphatic rings. The van der Waals surface area contributed by atoms with Gasteiger partial charge in [0.1, 0.15) is 0 Å². The molecular formula is C22H19N3O4S. The quantitative estimate of drug-likeness (QED) is 0.310. The molecule has 30 heavy (non-hydrogen) atoms. The summed E-state index contributed by atoms with van der Waals surface area (Å²) in [6.07, 6.45) is 4.61. The zero-order valence-electron chi connectivity index (χ0n) is 16.1. The number of nitrogens with zero attached hydrogens (tertiary/aromatic N) is 3. The lowest BCUT2D eigenvalue weighted by atomic mass is 10.1. The number of hydrogen-bond donors (Lipinski definition) is 0. The van der Waals surface area contributed by atoms with Crippen molar-refractivity contribution in [3.8, 4) is 0 Å². The summed E-state index contributed by atoms with van der Waals surface area (Å²) in [5.41, 5.74) is 1.46. The van der Waals surface area contributed by atoms with E-state index in [0.717, 1.165) is 0 Å². The van der Waals surface area contributed by atoms with Gasteiger partial charge in [0.15, 0.2) is 0 Å². The minimum absolute atomic E-state index is 0.000750. The molecule has 0 radical (unpaired) electrons. The Hall–Kier alpha value is -3.78. The molecule has 0 fully saturated rings. The van der Waals surface area contributed by atoms with Crippen molar-refractivity contribution in [2.45, 2.75) is 4.90 Å². The third kappa shape index (κ3) is 4.79. The van der Waals surface area contributed by atoms with Crippen LogP contribution >= 0.6 is 0 Å². The molecule has 0 heterocycles. The number of rotatable bonds is 7. The second-order valence-electron chi connectivity index (χ2n) is 6.26. The largest absolute Gasteiger partial charge is 0.276 e. The maximum Gasteiger partial charge on any atom is 0.276 e. The minimum atomic E-state index is -3.74. The lowest BCUT2D eigenvalue weighted by Gasteiger charge is -2.19. The van der Waals surface area contributed by atoms with E-state index in [1.54, 1.807) is 66.7 Å². The number of benzene rings is 3. The molecule has 152 valence electrons. The van der Waals surface area contributed by atoms with E-state index in [1.807, 2.05) is 6.07 Å². The normalized spacial score (nSPS) is 11.8. The summed E-state index contributed by atoms with van der Waals surface area (Å²) in [6, 6.07) is 21.4. The highest BCUT2D eigenvalue weighted by Gasteiger charge is 2.21. The molecule has 7 nitrogen and oxygen atoms in total. The first kappa shape index (κ1) is 20.9. The zero-order valence-corrected chi connectivity index (χ0v) is 16.9. The second-order valence-corrected chi connectivity index (χ2v) is 8.23. The molecule has 0 aromatic heterocycles. The van der Waals surface area contributed by atoms with Gasteiger partial charge in [0.05, 0.1) is 26.8 Å². The fourth-order valence-corrected chi connectivity index (χ4v) is 3.97. The second kappa shape index (κ2) is 9.15. The Balaban J connectivity index is 1.80. The number of sulfonamides is 1. The van der Waals surface area contributed by atoms with Crippen molar-refractivity contribution in [3.05, 3.63) is 101 Å². The summed E-state index contributed by atoms with van der Waals surface area (Å²) < 4.78 is 27.0. The van der Waals surface area contributed by atoms with Gasteiger partial charge in [0.2, 0.25) is 0 Å². The highest BCUT2D eigenvalue weighted by molar-refractivity contribution is 7.92. The number of anilines is 1. The van der Waals surface area contributed by atoms with E-state index in [0.29, 0.717) is 16.9 Å². The van der Waals surface area contributed by atoms with Crippen molar-refractivity contribution in [2.24, 2.45) is 4.99 Å². The van der Waals surface area contributed by atoms with E-state index in [2.05, 4.69) is 4.99 Å². The van der Waals surface area contributed by atoms with Gasteiger partial charge < -0.3 is 0 Å². The van der Waals surface area contributed by atoms with Gasteiger partial charge in [-0.3, -0.25) is 19.4 Å². The predicted octanol–water partition coefficient (Wildman–Crippen LogP) is 4.84. The summed E-state index contributed by atoms with van der Waals surface area (Å²) in [5.74, 6) is 0. The first-order valence-corrected chi connectivity index (χ1v) is 10.4. The molecule has 3 aromatic carbocycles. The third-order valence-corrected chi connectivity index (χ3v) is 6.10. The van der Waals surface area contributed by atoms with E-state index in [-0.39, 0.29) is 10.6 Å². The van der Waals surface area contributed by atoms with Crippen molar-refractivity contribution in [2.75, 3.05) is 11.4 Å². The topological polar surface area (TPSA) is 92.9 Å². The summed E-state index contributed by atoms with van der Waals surface area (Å²) in [6.45, 7) is 0. The Morgan fingerprint density at radius 2 is 1.67 bits per heavy atom. The van der Waals surface area contributed by atoms with Crippen LogP contribution in [-0.2, 0) is 10.0 Å². The molecule has 3 rings (SSSR count). The number of hydrogen-bond acceptors (Lipinski definition) is 5. The molecular weight excluding hydrogens is 402 g/mol. The fraction of sp³-hybridized carbons (Fsp3) is 0.0455. The molecule has 0 bridgehead atoms. The van der Waals surface area contributed by atoms with Crippen LogP contribution in [0.15, 0.2) is 94.8 Å². The summed E-state index contributed by atoms with van der Waals surface area (Å²) in [4.78, 5) is 14.9. The van der Waals surface area contributed by atoms with E-state index >= 15 is 0 Å². The number of nitro groups is 1. The van der Waals surface area contributed by atoms with Gasteiger partial charge in [-0.1, -0.05) is 36.4 Å². The van der Waals surface area contributed by atoms with Gasteiger partial charge in [-0.2, -0.15) is 0 Å². The fourth-order valence-electron chi connectivity index (χ4n) is 2.73. The average molecular weight is 421 g/mol. The first-order valence-electron chi connectivity index (χ1n) is 8.98. The van der Waals surface area contributed by atoms with Crippen molar-refractivity contribution < 1.29 is 13.3 Å². The Kier molecular flexibility index (Phi) is 6.38. The van der Waals surface area contributed by atoms with Crippen LogP contribution in [0.1, 0.15) is 5.56 Å². The summed E-state index contributed by atoms with van der Waals surface area (Å²) in [5, 5.41) is 11.0. The van der Waals surface area contributed by atoms with E-state index in [4.69, 9.17) is 0 Å². The van der Waals surface area contributed by atoms with Crippen LogP contribution in [0.5, 0.6) is 0 Å². The van der Waals surface area contributed by atoms with Crippen LogP contribution in [0.2, 0.25) is 0 Å². The SMILES string of the molecule is CN(c1ccccc1)S(=O)(=O)c1cccc(N=C/C=C/c2ccccc2[N+](=O)[O-])c1. The predicted molar refractivity (Wildman–Crippen MR) is 119 cm³/mol. The molecule has 0 saturated heterocycles. The van der Waals surface area contributed by atoms with Crippen LogP contribution in [0.4, 0.5) is 17.1 Å². The van der Waals surface area contributed by atoms with E-state index in [1.165, 1.54) is 35.8 Å². The number of nitro benzene ring substituents is 1. The zero-order chi connectivity index (χ0) is 21.6. The van der Waals surface area contributed by atoms with Gasteiger partial charge >= 0.3 is 0 Å². The van der Waals surface area contributed by atoms with Crippen molar-refractivity contribution >= 4 is 39.4 Å². The highest BCUT2D eigenvalue weighted by Crippen LogP contribution is 2.24.